The van der Waals surface area contributed by atoms with Gasteiger partial charge in [0.1, 0.15) is 0 Å². The molecule has 0 aromatic rings. The predicted molar refractivity (Wildman–Crippen MR) is 70.1 cm³/mol. The zero-order valence-electron chi connectivity index (χ0n) is 10.2. The highest BCUT2D eigenvalue weighted by atomic mass is 79.9. The fraction of sp³-hybridized carbons (Fsp3) is 0.833. The van der Waals surface area contributed by atoms with Crippen LogP contribution in [-0.4, -0.2) is 47.7 Å². The number of allylic oxidation sites excluding steroid dienone is 1. The first-order chi connectivity index (χ1) is 7.61. The normalized spacial score (nSPS) is 20.8. The van der Waals surface area contributed by atoms with Gasteiger partial charge >= 0.3 is 0 Å². The third-order valence-electron chi connectivity index (χ3n) is 2.76. The van der Waals surface area contributed by atoms with Crippen LogP contribution in [0.3, 0.4) is 0 Å². The average Bonchev–Trinajstić information content (AvgIpc) is 2.12. The van der Waals surface area contributed by atoms with Crippen LogP contribution in [0.5, 0.6) is 0 Å². The number of ether oxygens (including phenoxy) is 1. The summed E-state index contributed by atoms with van der Waals surface area (Å²) in [6.45, 7) is 8.74. The smallest absolute Gasteiger partial charge is 0.0863 e. The van der Waals surface area contributed by atoms with Crippen LogP contribution in [0.15, 0.2) is 11.8 Å². The number of hydrogen-bond donors (Lipinski definition) is 1. The highest BCUT2D eigenvalue weighted by molar-refractivity contribution is 9.09. The summed E-state index contributed by atoms with van der Waals surface area (Å²) < 4.78 is 5.34. The fourth-order valence-corrected chi connectivity index (χ4v) is 2.76. The molecule has 0 amide bonds. The summed E-state index contributed by atoms with van der Waals surface area (Å²) >= 11 is 3.53. The van der Waals surface area contributed by atoms with Crippen LogP contribution >= 0.6 is 15.9 Å². The summed E-state index contributed by atoms with van der Waals surface area (Å²) in [6, 6.07) is 0. The Bertz CT molecular complexity index is 223. The molecule has 0 bridgehead atoms. The van der Waals surface area contributed by atoms with Crippen molar-refractivity contribution in [2.24, 2.45) is 5.92 Å². The molecule has 1 saturated heterocycles. The lowest BCUT2D eigenvalue weighted by Crippen LogP contribution is -2.49. The minimum absolute atomic E-state index is 0.255. The molecule has 1 fully saturated rings. The van der Waals surface area contributed by atoms with Gasteiger partial charge in [0, 0.05) is 37.7 Å². The van der Waals surface area contributed by atoms with Crippen LogP contribution in [-0.2, 0) is 4.74 Å². The van der Waals surface area contributed by atoms with Crippen molar-refractivity contribution in [2.75, 3.05) is 32.8 Å². The number of halogens is 1. The minimum Gasteiger partial charge on any atom is -0.513 e. The Morgan fingerprint density at radius 3 is 2.88 bits per heavy atom. The van der Waals surface area contributed by atoms with Crippen molar-refractivity contribution in [1.29, 1.82) is 0 Å². The molecule has 4 heteroatoms. The molecule has 1 rings (SSSR count). The molecular weight excluding hydrogens is 270 g/mol. The summed E-state index contributed by atoms with van der Waals surface area (Å²) in [4.78, 5) is 2.65. The van der Waals surface area contributed by atoms with Crippen LogP contribution in [0.1, 0.15) is 20.3 Å². The molecule has 0 spiro atoms. The van der Waals surface area contributed by atoms with Crippen LogP contribution in [0, 0.1) is 5.92 Å². The maximum atomic E-state index is 9.12. The first kappa shape index (κ1) is 14.0. The largest absolute Gasteiger partial charge is 0.513 e. The summed E-state index contributed by atoms with van der Waals surface area (Å²) in [5.41, 5.74) is 0. The third kappa shape index (κ3) is 5.32. The number of likely N-dealkylation sites (tertiary alicyclic amines) is 1. The van der Waals surface area contributed by atoms with E-state index in [4.69, 9.17) is 9.84 Å². The summed E-state index contributed by atoms with van der Waals surface area (Å²) in [5, 5.41) is 9.12. The summed E-state index contributed by atoms with van der Waals surface area (Å²) in [7, 11) is 0. The number of rotatable bonds is 7. The third-order valence-corrected chi connectivity index (χ3v) is 3.32. The molecule has 1 aliphatic rings. The second kappa shape index (κ2) is 7.30. The maximum Gasteiger partial charge on any atom is 0.0863 e. The Morgan fingerprint density at radius 1 is 1.62 bits per heavy atom. The van der Waals surface area contributed by atoms with Gasteiger partial charge in [-0.25, -0.2) is 0 Å². The molecule has 0 unspecified atom stereocenters. The SMILES string of the molecule is CCOCCC1CN(C[C@H](Br)/C=C(\C)O)C1. The van der Waals surface area contributed by atoms with Gasteiger partial charge in [0.05, 0.1) is 5.76 Å². The molecule has 0 aromatic carbocycles. The minimum atomic E-state index is 0.255. The predicted octanol–water partition coefficient (Wildman–Crippen LogP) is 2.57. The van der Waals surface area contributed by atoms with Gasteiger partial charge in [0.25, 0.3) is 0 Å². The molecule has 1 aliphatic heterocycles. The Morgan fingerprint density at radius 2 is 2.31 bits per heavy atom. The lowest BCUT2D eigenvalue weighted by atomic mass is 9.96. The molecule has 1 heterocycles. The standard InChI is InChI=1S/C12H22BrNO2/c1-3-16-5-4-11-7-14(8-11)9-12(13)6-10(2)15/h6,11-12,15H,3-5,7-9H2,1-2H3/b10-6+/t12-/m1/s1. The molecular formula is C12H22BrNO2. The number of aliphatic hydroxyl groups is 1. The lowest BCUT2D eigenvalue weighted by molar-refractivity contribution is 0.0611. The summed E-state index contributed by atoms with van der Waals surface area (Å²) in [5.74, 6) is 1.18. The zero-order valence-corrected chi connectivity index (χ0v) is 11.7. The van der Waals surface area contributed by atoms with E-state index < -0.39 is 0 Å². The zero-order chi connectivity index (χ0) is 12.0. The van der Waals surface area contributed by atoms with E-state index in [2.05, 4.69) is 20.8 Å². The number of alkyl halides is 1. The Labute approximate surface area is 107 Å². The number of hydrogen-bond acceptors (Lipinski definition) is 3. The molecule has 0 aromatic heterocycles. The highest BCUT2D eigenvalue weighted by Gasteiger charge is 2.26. The van der Waals surface area contributed by atoms with Crippen molar-refractivity contribution >= 4 is 15.9 Å². The average molecular weight is 292 g/mol. The van der Waals surface area contributed by atoms with Gasteiger partial charge in [-0.1, -0.05) is 15.9 Å². The monoisotopic (exact) mass is 291 g/mol. The van der Waals surface area contributed by atoms with Crippen molar-refractivity contribution in [3.8, 4) is 0 Å². The Balaban J connectivity index is 2.05. The van der Waals surface area contributed by atoms with E-state index in [9.17, 15) is 0 Å². The molecule has 1 atom stereocenters. The highest BCUT2D eigenvalue weighted by Crippen LogP contribution is 2.21. The van der Waals surface area contributed by atoms with E-state index in [0.29, 0.717) is 5.76 Å². The molecule has 0 radical (unpaired) electrons. The molecule has 1 N–H and O–H groups in total. The fourth-order valence-electron chi connectivity index (χ4n) is 1.96. The van der Waals surface area contributed by atoms with Crippen LogP contribution in [0.25, 0.3) is 0 Å². The van der Waals surface area contributed by atoms with E-state index in [0.717, 1.165) is 38.8 Å². The van der Waals surface area contributed by atoms with Crippen molar-refractivity contribution in [1.82, 2.24) is 4.90 Å². The Hall–Kier alpha value is -0.0600. The second-order valence-corrected chi connectivity index (χ2v) is 5.57. The van der Waals surface area contributed by atoms with E-state index in [1.807, 2.05) is 13.0 Å². The Kier molecular flexibility index (Phi) is 6.39. The topological polar surface area (TPSA) is 32.7 Å². The number of aliphatic hydroxyl groups excluding tert-OH is 1. The molecule has 0 aliphatic carbocycles. The van der Waals surface area contributed by atoms with Crippen molar-refractivity contribution in [3.63, 3.8) is 0 Å². The van der Waals surface area contributed by atoms with Crippen molar-refractivity contribution in [3.05, 3.63) is 11.8 Å². The van der Waals surface area contributed by atoms with E-state index in [1.165, 1.54) is 6.42 Å². The lowest BCUT2D eigenvalue weighted by Gasteiger charge is -2.40. The molecule has 0 saturated carbocycles. The summed E-state index contributed by atoms with van der Waals surface area (Å²) in [6.07, 6.45) is 3.01. The van der Waals surface area contributed by atoms with Gasteiger partial charge in [0.15, 0.2) is 0 Å². The van der Waals surface area contributed by atoms with Gasteiger partial charge in [0.2, 0.25) is 0 Å². The second-order valence-electron chi connectivity index (χ2n) is 4.39. The van der Waals surface area contributed by atoms with Gasteiger partial charge in [-0.15, -0.1) is 0 Å². The first-order valence-corrected chi connectivity index (χ1v) is 6.85. The molecule has 3 nitrogen and oxygen atoms in total. The maximum absolute atomic E-state index is 9.12. The first-order valence-electron chi connectivity index (χ1n) is 5.93. The van der Waals surface area contributed by atoms with Crippen molar-refractivity contribution in [2.45, 2.75) is 25.1 Å². The molecule has 16 heavy (non-hydrogen) atoms. The van der Waals surface area contributed by atoms with E-state index >= 15 is 0 Å². The van der Waals surface area contributed by atoms with Gasteiger partial charge in [-0.05, 0) is 32.3 Å². The van der Waals surface area contributed by atoms with Gasteiger partial charge < -0.3 is 14.7 Å². The van der Waals surface area contributed by atoms with Crippen LogP contribution in [0.4, 0.5) is 0 Å². The number of nitrogens with zero attached hydrogens (tertiary/aromatic N) is 1. The van der Waals surface area contributed by atoms with E-state index in [-0.39, 0.29) is 4.83 Å². The molecule has 94 valence electrons. The van der Waals surface area contributed by atoms with Gasteiger partial charge in [-0.3, -0.25) is 0 Å². The van der Waals surface area contributed by atoms with Crippen LogP contribution in [0.2, 0.25) is 0 Å². The van der Waals surface area contributed by atoms with E-state index in [1.54, 1.807) is 6.92 Å². The van der Waals surface area contributed by atoms with Crippen molar-refractivity contribution < 1.29 is 9.84 Å². The van der Waals surface area contributed by atoms with Crippen LogP contribution < -0.4 is 0 Å². The quantitative estimate of drug-likeness (QED) is 0.445. The van der Waals surface area contributed by atoms with Gasteiger partial charge in [-0.2, -0.15) is 0 Å².